The number of carbonyl (C=O) groups is 1. The summed E-state index contributed by atoms with van der Waals surface area (Å²) in [5, 5.41) is 14.0. The van der Waals surface area contributed by atoms with Crippen molar-refractivity contribution in [1.82, 2.24) is 5.32 Å². The van der Waals surface area contributed by atoms with Crippen molar-refractivity contribution >= 4 is 13.7 Å². The molecule has 1 amide bonds. The highest BCUT2D eigenvalue weighted by molar-refractivity contribution is 7.47. The Labute approximate surface area is 539 Å². The molecule has 0 radical (unpaired) electrons. The minimum atomic E-state index is -4.36. The highest BCUT2D eigenvalue weighted by Gasteiger charge is 2.28. The molecule has 502 valence electrons. The molecule has 0 spiro atoms. The van der Waals surface area contributed by atoms with E-state index in [9.17, 15) is 19.4 Å². The van der Waals surface area contributed by atoms with E-state index < -0.39 is 20.0 Å². The van der Waals surface area contributed by atoms with Gasteiger partial charge in [-0.15, -0.1) is 0 Å². The number of rotatable bonds is 66. The average molecular weight is 1230 g/mol. The lowest BCUT2D eigenvalue weighted by atomic mass is 10.0. The summed E-state index contributed by atoms with van der Waals surface area (Å²) in [4.78, 5) is 23.5. The fourth-order valence-electron chi connectivity index (χ4n) is 10.3. The van der Waals surface area contributed by atoms with E-state index in [0.29, 0.717) is 17.4 Å². The van der Waals surface area contributed by atoms with Crippen molar-refractivity contribution in [2.24, 2.45) is 0 Å². The third-order valence-electron chi connectivity index (χ3n) is 15.9. The molecule has 0 fully saturated rings. The Morgan fingerprint density at radius 1 is 0.402 bits per heavy atom. The molecule has 0 aromatic carbocycles. The number of likely N-dealkylation sites (N-methyl/N-ethyl adjacent to an activating group) is 1. The van der Waals surface area contributed by atoms with Gasteiger partial charge in [-0.25, -0.2) is 4.57 Å². The molecular formula is C78H140N2O6P+. The van der Waals surface area contributed by atoms with E-state index in [0.717, 1.165) is 103 Å². The molecule has 0 saturated carbocycles. The zero-order chi connectivity index (χ0) is 63.4. The van der Waals surface area contributed by atoms with Gasteiger partial charge in [-0.3, -0.25) is 13.8 Å². The molecule has 0 aliphatic heterocycles. The molecule has 0 aromatic rings. The van der Waals surface area contributed by atoms with E-state index in [1.165, 1.54) is 193 Å². The number of phosphoric acid groups is 1. The summed E-state index contributed by atoms with van der Waals surface area (Å²) >= 11 is 0. The van der Waals surface area contributed by atoms with E-state index in [1.807, 2.05) is 27.2 Å². The molecular weight excluding hydrogens is 1090 g/mol. The van der Waals surface area contributed by atoms with Crippen LogP contribution in [0.15, 0.2) is 122 Å². The number of hydrogen-bond acceptors (Lipinski definition) is 5. The van der Waals surface area contributed by atoms with Crippen molar-refractivity contribution in [3.8, 4) is 0 Å². The number of nitrogens with one attached hydrogen (secondary N) is 1. The Balaban J connectivity index is 4.12. The Hall–Kier alpha value is -3.10. The van der Waals surface area contributed by atoms with E-state index in [1.54, 1.807) is 6.08 Å². The fourth-order valence-corrected chi connectivity index (χ4v) is 11.1. The van der Waals surface area contributed by atoms with Gasteiger partial charge in [0.15, 0.2) is 0 Å². The number of hydrogen-bond donors (Lipinski definition) is 3. The van der Waals surface area contributed by atoms with Gasteiger partial charge in [0.25, 0.3) is 0 Å². The van der Waals surface area contributed by atoms with Gasteiger partial charge in [0.05, 0.1) is 39.9 Å². The molecule has 3 atom stereocenters. The second kappa shape index (κ2) is 67.3. The normalized spacial score (nSPS) is 14.3. The molecule has 0 aromatic heterocycles. The highest BCUT2D eigenvalue weighted by Crippen LogP contribution is 2.43. The van der Waals surface area contributed by atoms with Gasteiger partial charge in [0.2, 0.25) is 5.91 Å². The molecule has 0 aliphatic carbocycles. The van der Waals surface area contributed by atoms with Crippen molar-refractivity contribution in [3.63, 3.8) is 0 Å². The SMILES string of the molecule is CC/C=C\C/C=C\C/C=C\C/C=C\C/C=C\C/C=C\C/C=C\C/C=C\C/C=C\CCCCCCCCCCCC(=O)NC(COP(=O)(O)OCC[N+](C)(C)C)C(O)/C=C/CCCCCCCCCCCCCCCCCCCCCCCCCCCC. The van der Waals surface area contributed by atoms with E-state index >= 15 is 0 Å². The van der Waals surface area contributed by atoms with Crippen LogP contribution in [0.25, 0.3) is 0 Å². The summed E-state index contributed by atoms with van der Waals surface area (Å²) in [6.45, 7) is 4.72. The van der Waals surface area contributed by atoms with Crippen LogP contribution in [-0.2, 0) is 18.4 Å². The van der Waals surface area contributed by atoms with E-state index in [-0.39, 0.29) is 19.1 Å². The lowest BCUT2D eigenvalue weighted by Gasteiger charge is -2.25. The first kappa shape index (κ1) is 83.9. The number of carbonyl (C=O) groups excluding carboxylic acids is 1. The zero-order valence-electron chi connectivity index (χ0n) is 57.5. The van der Waals surface area contributed by atoms with Crippen LogP contribution in [0.1, 0.15) is 316 Å². The number of aliphatic hydroxyl groups excluding tert-OH is 1. The number of allylic oxidation sites excluding steroid dienone is 19. The smallest absolute Gasteiger partial charge is 0.387 e. The van der Waals surface area contributed by atoms with Gasteiger partial charge in [-0.1, -0.05) is 341 Å². The maximum atomic E-state index is 13.1. The van der Waals surface area contributed by atoms with Crippen molar-refractivity contribution in [2.75, 3.05) is 40.9 Å². The molecule has 3 unspecified atom stereocenters. The average Bonchev–Trinajstić information content (AvgIpc) is 3.70. The molecule has 87 heavy (non-hydrogen) atoms. The highest BCUT2D eigenvalue weighted by atomic mass is 31.2. The third kappa shape index (κ3) is 70.2. The first-order valence-electron chi connectivity index (χ1n) is 36.4. The van der Waals surface area contributed by atoms with Crippen LogP contribution in [0.2, 0.25) is 0 Å². The second-order valence-corrected chi connectivity index (χ2v) is 27.0. The van der Waals surface area contributed by atoms with Crippen molar-refractivity contribution in [1.29, 1.82) is 0 Å². The summed E-state index contributed by atoms with van der Waals surface area (Å²) in [5.74, 6) is -0.184. The zero-order valence-corrected chi connectivity index (χ0v) is 58.4. The van der Waals surface area contributed by atoms with Crippen LogP contribution >= 0.6 is 7.82 Å². The van der Waals surface area contributed by atoms with Crippen LogP contribution < -0.4 is 5.32 Å². The minimum Gasteiger partial charge on any atom is -0.387 e. The molecule has 9 heteroatoms. The largest absolute Gasteiger partial charge is 0.472 e. The minimum absolute atomic E-state index is 0.0554. The summed E-state index contributed by atoms with van der Waals surface area (Å²) in [6, 6.07) is -0.860. The van der Waals surface area contributed by atoms with Gasteiger partial charge in [-0.05, 0) is 89.9 Å². The lowest BCUT2D eigenvalue weighted by molar-refractivity contribution is -0.870. The van der Waals surface area contributed by atoms with Crippen LogP contribution in [0.4, 0.5) is 0 Å². The molecule has 0 rings (SSSR count). The Bertz CT molecular complexity index is 1840. The topological polar surface area (TPSA) is 105 Å². The number of quaternary nitrogens is 1. The Morgan fingerprint density at radius 2 is 0.690 bits per heavy atom. The summed E-state index contributed by atoms with van der Waals surface area (Å²) < 4.78 is 23.8. The van der Waals surface area contributed by atoms with Crippen LogP contribution in [0.3, 0.4) is 0 Å². The third-order valence-corrected chi connectivity index (χ3v) is 16.9. The van der Waals surface area contributed by atoms with Crippen LogP contribution in [-0.4, -0.2) is 73.4 Å². The second-order valence-electron chi connectivity index (χ2n) is 25.6. The first-order valence-corrected chi connectivity index (χ1v) is 37.9. The van der Waals surface area contributed by atoms with Gasteiger partial charge in [0.1, 0.15) is 13.2 Å². The van der Waals surface area contributed by atoms with Crippen LogP contribution in [0.5, 0.6) is 0 Å². The molecule has 8 nitrogen and oxygen atoms in total. The van der Waals surface area contributed by atoms with Crippen molar-refractivity contribution in [2.45, 2.75) is 328 Å². The number of phosphoric ester groups is 1. The molecule has 0 saturated heterocycles. The number of unbranched alkanes of at least 4 members (excludes halogenated alkanes) is 35. The summed E-state index contributed by atoms with van der Waals surface area (Å²) in [5.41, 5.74) is 0. The molecule has 3 N–H and O–H groups in total. The molecule has 0 aliphatic rings. The summed E-state index contributed by atoms with van der Waals surface area (Å²) in [7, 11) is 1.56. The monoisotopic (exact) mass is 1230 g/mol. The summed E-state index contributed by atoms with van der Waals surface area (Å²) in [6.07, 6.45) is 101. The van der Waals surface area contributed by atoms with E-state index in [4.69, 9.17) is 9.05 Å². The standard InChI is InChI=1S/C78H139N2O6P/c1-6-8-10-12-14-16-18-20-22-24-26-28-30-32-34-36-37-38-39-40-41-42-43-44-46-48-50-52-54-56-58-60-62-64-66-68-70-72-78(82)79-76(75-86-87(83,84)85-74-73-80(3,4)5)77(81)71-69-67-65-63-61-59-57-55-53-51-49-47-45-35-33-31-29-27-25-23-21-19-17-15-13-11-9-7-2/h8,10,14,16,20,22,26,28,32,34,37-38,40-41,43-44,48,50,69,71,76-77,81H,6-7,9,11-13,15,17-19,21,23-25,27,29-31,33,35-36,39,42,45-47,49,51-68,70,72-75H2,1-5H3,(H-,79,82,83,84)/p+1/b10-8-,16-14-,22-20-,28-26-,34-32-,38-37-,41-40-,44-43-,50-48-,71-69+. The number of nitrogens with zero attached hydrogens (tertiary/aromatic N) is 1. The first-order chi connectivity index (χ1) is 42.5. The molecule has 0 heterocycles. The van der Waals surface area contributed by atoms with Crippen LogP contribution in [0, 0.1) is 0 Å². The van der Waals surface area contributed by atoms with Crippen molar-refractivity contribution in [3.05, 3.63) is 122 Å². The number of amides is 1. The lowest BCUT2D eigenvalue weighted by Crippen LogP contribution is -2.45. The fraction of sp³-hybridized carbons (Fsp3) is 0.731. The Morgan fingerprint density at radius 3 is 1.01 bits per heavy atom. The maximum absolute atomic E-state index is 13.1. The predicted octanol–water partition coefficient (Wildman–Crippen LogP) is 23.6. The Kier molecular flexibility index (Phi) is 64.9. The molecule has 0 bridgehead atoms. The maximum Gasteiger partial charge on any atom is 0.472 e. The van der Waals surface area contributed by atoms with Gasteiger partial charge in [0, 0.05) is 6.42 Å². The number of aliphatic hydroxyl groups is 1. The predicted molar refractivity (Wildman–Crippen MR) is 382 cm³/mol. The van der Waals surface area contributed by atoms with Crippen molar-refractivity contribution < 1.29 is 32.9 Å². The van der Waals surface area contributed by atoms with Gasteiger partial charge < -0.3 is 19.8 Å². The van der Waals surface area contributed by atoms with Gasteiger partial charge in [-0.2, -0.15) is 0 Å². The van der Waals surface area contributed by atoms with E-state index in [2.05, 4.69) is 129 Å². The van der Waals surface area contributed by atoms with Gasteiger partial charge >= 0.3 is 7.82 Å². The quantitative estimate of drug-likeness (QED) is 0.0243.